The van der Waals surface area contributed by atoms with Crippen molar-refractivity contribution in [3.8, 4) is 6.07 Å². The Bertz CT molecular complexity index is 991. The predicted molar refractivity (Wildman–Crippen MR) is 120 cm³/mol. The molecule has 162 valence electrons. The number of nitriles is 1. The van der Waals surface area contributed by atoms with Crippen molar-refractivity contribution in [1.82, 2.24) is 5.32 Å². The number of nitrogens with one attached hydrogen (secondary N) is 2. The van der Waals surface area contributed by atoms with Crippen molar-refractivity contribution in [3.63, 3.8) is 0 Å². The first-order valence-electron chi connectivity index (χ1n) is 9.44. The molecule has 7 nitrogen and oxygen atoms in total. The number of halogens is 1. The van der Waals surface area contributed by atoms with Gasteiger partial charge in [0.2, 0.25) is 0 Å². The molecular formula is C22H22ClN3O4S. The highest BCUT2D eigenvalue weighted by atomic mass is 35.5. The maximum atomic E-state index is 12.5. The third-order valence-corrected chi connectivity index (χ3v) is 5.39. The largest absolute Gasteiger partial charge is 0.454 e. The van der Waals surface area contributed by atoms with Crippen LogP contribution in [-0.4, -0.2) is 36.2 Å². The van der Waals surface area contributed by atoms with Crippen LogP contribution in [0.2, 0.25) is 5.02 Å². The number of hydrogen-bond donors (Lipinski definition) is 2. The van der Waals surface area contributed by atoms with Gasteiger partial charge in [-0.25, -0.2) is 4.79 Å². The number of nitrogens with zero attached hydrogens (tertiary/aromatic N) is 1. The molecule has 0 radical (unpaired) electrons. The summed E-state index contributed by atoms with van der Waals surface area (Å²) in [6.07, 6.45) is 0. The number of ether oxygens (including phenoxy) is 1. The molecular weight excluding hydrogens is 438 g/mol. The van der Waals surface area contributed by atoms with E-state index in [1.165, 1.54) is 11.8 Å². The third-order valence-electron chi connectivity index (χ3n) is 4.12. The molecule has 0 saturated heterocycles. The van der Waals surface area contributed by atoms with E-state index in [1.54, 1.807) is 62.4 Å². The van der Waals surface area contributed by atoms with Crippen molar-refractivity contribution >= 4 is 46.8 Å². The van der Waals surface area contributed by atoms with E-state index in [2.05, 4.69) is 10.6 Å². The van der Waals surface area contributed by atoms with Gasteiger partial charge in [0.25, 0.3) is 11.8 Å². The average Bonchev–Trinajstić information content (AvgIpc) is 2.75. The van der Waals surface area contributed by atoms with Crippen LogP contribution in [0.25, 0.3) is 0 Å². The number of esters is 1. The van der Waals surface area contributed by atoms with Gasteiger partial charge in [-0.2, -0.15) is 5.26 Å². The van der Waals surface area contributed by atoms with Crippen LogP contribution >= 0.6 is 23.4 Å². The molecule has 0 aromatic heterocycles. The van der Waals surface area contributed by atoms with E-state index >= 15 is 0 Å². The molecule has 0 bridgehead atoms. The summed E-state index contributed by atoms with van der Waals surface area (Å²) in [6, 6.07) is 14.6. The smallest absolute Gasteiger partial charge is 0.329 e. The number of carbonyl (C=O) groups is 3. The summed E-state index contributed by atoms with van der Waals surface area (Å²) in [5.41, 5.74) is 0.767. The summed E-state index contributed by atoms with van der Waals surface area (Å²) < 4.78 is 5.13. The van der Waals surface area contributed by atoms with Gasteiger partial charge in [0, 0.05) is 4.90 Å². The second-order valence-corrected chi connectivity index (χ2v) is 8.20. The van der Waals surface area contributed by atoms with Gasteiger partial charge in [-0.3, -0.25) is 9.59 Å². The summed E-state index contributed by atoms with van der Waals surface area (Å²) >= 11 is 7.32. The highest BCUT2D eigenvalue weighted by Crippen LogP contribution is 2.26. The summed E-state index contributed by atoms with van der Waals surface area (Å²) in [4.78, 5) is 38.0. The van der Waals surface area contributed by atoms with Gasteiger partial charge in [-0.15, -0.1) is 11.8 Å². The molecule has 0 heterocycles. The van der Waals surface area contributed by atoms with E-state index in [1.807, 2.05) is 6.07 Å². The van der Waals surface area contributed by atoms with Gasteiger partial charge in [0.1, 0.15) is 6.04 Å². The summed E-state index contributed by atoms with van der Waals surface area (Å²) in [5, 5.41) is 14.3. The van der Waals surface area contributed by atoms with E-state index in [9.17, 15) is 14.4 Å². The fourth-order valence-corrected chi connectivity index (χ4v) is 3.47. The highest BCUT2D eigenvalue weighted by Gasteiger charge is 2.27. The Morgan fingerprint density at radius 1 is 1.13 bits per heavy atom. The molecule has 31 heavy (non-hydrogen) atoms. The first-order chi connectivity index (χ1) is 14.8. The topological polar surface area (TPSA) is 108 Å². The maximum Gasteiger partial charge on any atom is 0.329 e. The molecule has 0 fully saturated rings. The molecule has 1 atom stereocenters. The molecule has 0 aliphatic heterocycles. The predicted octanol–water partition coefficient (Wildman–Crippen LogP) is 3.89. The van der Waals surface area contributed by atoms with Gasteiger partial charge in [-0.1, -0.05) is 49.7 Å². The number of benzene rings is 2. The van der Waals surface area contributed by atoms with Crippen molar-refractivity contribution in [3.05, 3.63) is 59.1 Å². The maximum absolute atomic E-state index is 12.5. The molecule has 0 unspecified atom stereocenters. The average molecular weight is 460 g/mol. The molecule has 2 aromatic carbocycles. The SMILES string of the molecule is CC(C)[C@H](NC(=O)c1ccccc1Cl)C(=O)OCC(=O)Nc1ccccc1SCC#N. The second kappa shape index (κ2) is 12.0. The molecule has 0 saturated carbocycles. The van der Waals surface area contributed by atoms with E-state index in [4.69, 9.17) is 21.6 Å². The van der Waals surface area contributed by atoms with Gasteiger partial charge in [-0.05, 0) is 30.2 Å². The third kappa shape index (κ3) is 7.31. The Labute approximate surface area is 190 Å². The van der Waals surface area contributed by atoms with Crippen molar-refractivity contribution in [2.45, 2.75) is 24.8 Å². The Morgan fingerprint density at radius 3 is 2.48 bits per heavy atom. The van der Waals surface area contributed by atoms with Crippen molar-refractivity contribution < 1.29 is 19.1 Å². The van der Waals surface area contributed by atoms with Crippen LogP contribution in [0.4, 0.5) is 5.69 Å². The molecule has 2 rings (SSSR count). The molecule has 0 aliphatic carbocycles. The standard InChI is InChI=1S/C22H22ClN3O4S/c1-14(2)20(26-21(28)15-7-3-4-8-16(15)23)22(29)30-13-19(27)25-17-9-5-6-10-18(17)31-12-11-24/h3-10,14,20H,12-13H2,1-2H3,(H,25,27)(H,26,28)/t20-/m0/s1. The Hall–Kier alpha value is -3.02. The van der Waals surface area contributed by atoms with E-state index in [-0.39, 0.29) is 22.3 Å². The Morgan fingerprint density at radius 2 is 1.81 bits per heavy atom. The first kappa shape index (κ1) is 24.3. The van der Waals surface area contributed by atoms with E-state index < -0.39 is 30.4 Å². The normalized spacial score (nSPS) is 11.3. The molecule has 0 aliphatic rings. The monoisotopic (exact) mass is 459 g/mol. The van der Waals surface area contributed by atoms with Crippen LogP contribution in [0.1, 0.15) is 24.2 Å². The number of rotatable bonds is 9. The Balaban J connectivity index is 1.96. The van der Waals surface area contributed by atoms with Crippen LogP contribution in [0.5, 0.6) is 0 Å². The number of hydrogen-bond acceptors (Lipinski definition) is 6. The fourth-order valence-electron chi connectivity index (χ4n) is 2.58. The second-order valence-electron chi connectivity index (χ2n) is 6.77. The van der Waals surface area contributed by atoms with E-state index in [0.717, 1.165) is 4.90 Å². The van der Waals surface area contributed by atoms with Gasteiger partial charge < -0.3 is 15.4 Å². The molecule has 9 heteroatoms. The zero-order chi connectivity index (χ0) is 22.8. The molecule has 2 amide bonds. The van der Waals surface area contributed by atoms with Crippen LogP contribution in [-0.2, 0) is 14.3 Å². The molecule has 0 spiro atoms. The van der Waals surface area contributed by atoms with Crippen molar-refractivity contribution in [2.24, 2.45) is 5.92 Å². The van der Waals surface area contributed by atoms with Crippen molar-refractivity contribution in [1.29, 1.82) is 5.26 Å². The fraction of sp³-hybridized carbons (Fsp3) is 0.273. The van der Waals surface area contributed by atoms with Crippen molar-refractivity contribution in [2.75, 3.05) is 17.7 Å². The lowest BCUT2D eigenvalue weighted by atomic mass is 10.0. The first-order valence-corrected chi connectivity index (χ1v) is 10.8. The molecule has 2 N–H and O–H groups in total. The van der Waals surface area contributed by atoms with E-state index in [0.29, 0.717) is 5.69 Å². The summed E-state index contributed by atoms with van der Waals surface area (Å²) in [5.74, 6) is -1.79. The minimum absolute atomic E-state index is 0.239. The number of anilines is 1. The lowest BCUT2D eigenvalue weighted by molar-refractivity contribution is -0.150. The molecule has 2 aromatic rings. The minimum atomic E-state index is -0.949. The highest BCUT2D eigenvalue weighted by molar-refractivity contribution is 7.99. The number of thioether (sulfide) groups is 1. The summed E-state index contributed by atoms with van der Waals surface area (Å²) in [6.45, 7) is 2.99. The summed E-state index contributed by atoms with van der Waals surface area (Å²) in [7, 11) is 0. The number of para-hydroxylation sites is 1. The zero-order valence-electron chi connectivity index (χ0n) is 17.1. The van der Waals surface area contributed by atoms with Gasteiger partial charge in [0.05, 0.1) is 28.1 Å². The van der Waals surface area contributed by atoms with Crippen LogP contribution < -0.4 is 10.6 Å². The number of amides is 2. The van der Waals surface area contributed by atoms with Crippen LogP contribution in [0, 0.1) is 17.2 Å². The van der Waals surface area contributed by atoms with Crippen LogP contribution in [0.3, 0.4) is 0 Å². The lowest BCUT2D eigenvalue weighted by Crippen LogP contribution is -2.46. The lowest BCUT2D eigenvalue weighted by Gasteiger charge is -2.21. The van der Waals surface area contributed by atoms with Gasteiger partial charge in [0.15, 0.2) is 6.61 Å². The number of carbonyl (C=O) groups excluding carboxylic acids is 3. The minimum Gasteiger partial charge on any atom is -0.454 e. The van der Waals surface area contributed by atoms with Gasteiger partial charge >= 0.3 is 5.97 Å². The quantitative estimate of drug-likeness (QED) is 0.435. The zero-order valence-corrected chi connectivity index (χ0v) is 18.6. The van der Waals surface area contributed by atoms with Crippen LogP contribution in [0.15, 0.2) is 53.4 Å². The Kier molecular flexibility index (Phi) is 9.38.